The van der Waals surface area contributed by atoms with E-state index < -0.39 is 5.82 Å². The smallest absolute Gasteiger partial charge is 0.259 e. The average Bonchev–Trinajstić information content (AvgIpc) is 3.17. The lowest BCUT2D eigenvalue weighted by Crippen LogP contribution is -2.42. The van der Waals surface area contributed by atoms with E-state index in [4.69, 9.17) is 9.26 Å². The van der Waals surface area contributed by atoms with E-state index in [0.29, 0.717) is 48.2 Å². The van der Waals surface area contributed by atoms with E-state index in [1.54, 1.807) is 24.1 Å². The van der Waals surface area contributed by atoms with Gasteiger partial charge in [-0.15, -0.1) is 0 Å². The van der Waals surface area contributed by atoms with Crippen molar-refractivity contribution in [3.63, 3.8) is 0 Å². The molecular weight excluding hydrogens is 401 g/mol. The van der Waals surface area contributed by atoms with E-state index in [0.717, 1.165) is 11.9 Å². The standard InChI is InChI=1S/C22H24FN5O3/c1-13(2)21-20(14(3)31-27-21)22(29)28-8-9-30-18(12-28)17-6-5-16(11-24-17)26-19-7-4-15(23)10-25-19/h4-7,10-11,13,18H,8-9,12H2,1-3H3,(H,25,26)/t18-/m1/s1. The van der Waals surface area contributed by atoms with Crippen LogP contribution >= 0.6 is 0 Å². The molecule has 0 unspecified atom stereocenters. The van der Waals surface area contributed by atoms with Gasteiger partial charge in [-0.3, -0.25) is 9.78 Å². The van der Waals surface area contributed by atoms with E-state index in [9.17, 15) is 9.18 Å². The number of carbonyl (C=O) groups excluding carboxylic acids is 1. The molecule has 3 aromatic heterocycles. The van der Waals surface area contributed by atoms with Crippen molar-refractivity contribution in [2.75, 3.05) is 25.0 Å². The van der Waals surface area contributed by atoms with E-state index in [2.05, 4.69) is 20.4 Å². The first-order valence-electron chi connectivity index (χ1n) is 10.1. The number of halogens is 1. The summed E-state index contributed by atoms with van der Waals surface area (Å²) in [6.07, 6.45) is 2.47. The highest BCUT2D eigenvalue weighted by Gasteiger charge is 2.31. The molecule has 0 aromatic carbocycles. The highest BCUT2D eigenvalue weighted by Crippen LogP contribution is 2.27. The minimum absolute atomic E-state index is 0.0885. The molecule has 1 amide bonds. The fourth-order valence-corrected chi connectivity index (χ4v) is 3.48. The molecule has 3 aromatic rings. The molecule has 31 heavy (non-hydrogen) atoms. The first-order chi connectivity index (χ1) is 14.9. The lowest BCUT2D eigenvalue weighted by atomic mass is 10.0. The molecule has 0 aliphatic carbocycles. The van der Waals surface area contributed by atoms with Gasteiger partial charge in [0.15, 0.2) is 0 Å². The molecule has 4 rings (SSSR count). The SMILES string of the molecule is Cc1onc(C(C)C)c1C(=O)N1CCO[C@@H](c2ccc(Nc3ccc(F)cn3)cn2)C1. The van der Waals surface area contributed by atoms with E-state index in [1.165, 1.54) is 6.07 Å². The molecule has 0 radical (unpaired) electrons. The van der Waals surface area contributed by atoms with Gasteiger partial charge in [-0.1, -0.05) is 19.0 Å². The fraction of sp³-hybridized carbons (Fsp3) is 0.364. The number of hydrogen-bond acceptors (Lipinski definition) is 7. The number of anilines is 2. The Morgan fingerprint density at radius 3 is 2.74 bits per heavy atom. The predicted octanol–water partition coefficient (Wildman–Crippen LogP) is 3.99. The summed E-state index contributed by atoms with van der Waals surface area (Å²) in [5.74, 6) is 0.642. The second kappa shape index (κ2) is 8.81. The van der Waals surface area contributed by atoms with Gasteiger partial charge in [-0.05, 0) is 37.1 Å². The monoisotopic (exact) mass is 425 g/mol. The first-order valence-corrected chi connectivity index (χ1v) is 10.1. The number of pyridine rings is 2. The summed E-state index contributed by atoms with van der Waals surface area (Å²) in [4.78, 5) is 23.4. The van der Waals surface area contributed by atoms with Crippen LogP contribution in [0.1, 0.15) is 53.4 Å². The summed E-state index contributed by atoms with van der Waals surface area (Å²) in [6, 6.07) is 6.57. The predicted molar refractivity (Wildman–Crippen MR) is 112 cm³/mol. The Kier molecular flexibility index (Phi) is 5.94. The van der Waals surface area contributed by atoms with Crippen LogP contribution in [0.15, 0.2) is 41.2 Å². The highest BCUT2D eigenvalue weighted by atomic mass is 19.1. The van der Waals surface area contributed by atoms with Gasteiger partial charge < -0.3 is 19.5 Å². The van der Waals surface area contributed by atoms with Crippen molar-refractivity contribution < 1.29 is 18.4 Å². The van der Waals surface area contributed by atoms with Crippen molar-refractivity contribution in [2.45, 2.75) is 32.8 Å². The third-order valence-electron chi connectivity index (χ3n) is 5.12. The van der Waals surface area contributed by atoms with Crippen LogP contribution in [0.5, 0.6) is 0 Å². The van der Waals surface area contributed by atoms with Crippen molar-refractivity contribution in [1.29, 1.82) is 0 Å². The van der Waals surface area contributed by atoms with Gasteiger partial charge in [0.05, 0.1) is 42.6 Å². The molecule has 1 saturated heterocycles. The summed E-state index contributed by atoms with van der Waals surface area (Å²) in [5.41, 5.74) is 2.65. The van der Waals surface area contributed by atoms with Gasteiger partial charge >= 0.3 is 0 Å². The van der Waals surface area contributed by atoms with Crippen LogP contribution in [0.3, 0.4) is 0 Å². The van der Waals surface area contributed by atoms with E-state index in [1.807, 2.05) is 26.0 Å². The molecule has 1 aliphatic rings. The zero-order valence-corrected chi connectivity index (χ0v) is 17.6. The number of ether oxygens (including phenoxy) is 1. The molecule has 0 saturated carbocycles. The van der Waals surface area contributed by atoms with Gasteiger partial charge in [-0.25, -0.2) is 9.37 Å². The maximum Gasteiger partial charge on any atom is 0.259 e. The summed E-state index contributed by atoms with van der Waals surface area (Å²) in [6.45, 7) is 7.02. The summed E-state index contributed by atoms with van der Waals surface area (Å²) < 4.78 is 24.1. The van der Waals surface area contributed by atoms with E-state index >= 15 is 0 Å². The second-order valence-electron chi connectivity index (χ2n) is 7.72. The lowest BCUT2D eigenvalue weighted by molar-refractivity contribution is -0.0248. The summed E-state index contributed by atoms with van der Waals surface area (Å²) in [5, 5.41) is 7.13. The molecular formula is C22H24FN5O3. The maximum absolute atomic E-state index is 13.2. The van der Waals surface area contributed by atoms with Crippen LogP contribution in [0.4, 0.5) is 15.9 Å². The Bertz CT molecular complexity index is 1050. The first kappa shape index (κ1) is 20.9. The van der Waals surface area contributed by atoms with Crippen LogP contribution in [-0.4, -0.2) is 45.6 Å². The number of rotatable bonds is 5. The molecule has 1 aliphatic heterocycles. The summed E-state index contributed by atoms with van der Waals surface area (Å²) in [7, 11) is 0. The molecule has 162 valence electrons. The quantitative estimate of drug-likeness (QED) is 0.660. The van der Waals surface area contributed by atoms with Crippen LogP contribution in [-0.2, 0) is 4.74 Å². The van der Waals surface area contributed by atoms with Crippen molar-refractivity contribution in [3.8, 4) is 0 Å². The van der Waals surface area contributed by atoms with Crippen molar-refractivity contribution in [3.05, 3.63) is 65.2 Å². The second-order valence-corrected chi connectivity index (χ2v) is 7.72. The van der Waals surface area contributed by atoms with Crippen molar-refractivity contribution >= 4 is 17.4 Å². The van der Waals surface area contributed by atoms with E-state index in [-0.39, 0.29) is 17.9 Å². The van der Waals surface area contributed by atoms with Gasteiger partial charge in [0.25, 0.3) is 5.91 Å². The molecule has 0 bridgehead atoms. The van der Waals surface area contributed by atoms with Gasteiger partial charge in [0, 0.05) is 6.54 Å². The topological polar surface area (TPSA) is 93.4 Å². The number of amides is 1. The number of nitrogens with one attached hydrogen (secondary N) is 1. The summed E-state index contributed by atoms with van der Waals surface area (Å²) >= 11 is 0. The number of aryl methyl sites for hydroxylation is 1. The zero-order chi connectivity index (χ0) is 22.0. The molecule has 1 atom stereocenters. The Morgan fingerprint density at radius 1 is 1.23 bits per heavy atom. The Morgan fingerprint density at radius 2 is 2.06 bits per heavy atom. The van der Waals surface area contributed by atoms with Crippen LogP contribution in [0, 0.1) is 12.7 Å². The number of morpholine rings is 1. The van der Waals surface area contributed by atoms with Crippen LogP contribution < -0.4 is 5.32 Å². The number of aromatic nitrogens is 3. The third-order valence-corrected chi connectivity index (χ3v) is 5.12. The number of nitrogens with zero attached hydrogens (tertiary/aromatic N) is 4. The molecule has 8 nitrogen and oxygen atoms in total. The van der Waals surface area contributed by atoms with Gasteiger partial charge in [0.1, 0.15) is 29.1 Å². The minimum Gasteiger partial charge on any atom is -0.368 e. The Labute approximate surface area is 179 Å². The molecule has 4 heterocycles. The van der Waals surface area contributed by atoms with Crippen LogP contribution in [0.2, 0.25) is 0 Å². The Balaban J connectivity index is 1.45. The number of carbonyl (C=O) groups is 1. The number of hydrogen-bond donors (Lipinski definition) is 1. The maximum atomic E-state index is 13.2. The minimum atomic E-state index is -0.394. The zero-order valence-electron chi connectivity index (χ0n) is 17.6. The van der Waals surface area contributed by atoms with Gasteiger partial charge in [0.2, 0.25) is 0 Å². The normalized spacial score (nSPS) is 16.5. The largest absolute Gasteiger partial charge is 0.368 e. The molecule has 1 N–H and O–H groups in total. The van der Waals surface area contributed by atoms with Crippen LogP contribution in [0.25, 0.3) is 0 Å². The Hall–Kier alpha value is -3.33. The molecule has 9 heteroatoms. The fourth-order valence-electron chi connectivity index (χ4n) is 3.48. The van der Waals surface area contributed by atoms with Crippen molar-refractivity contribution in [1.82, 2.24) is 20.0 Å². The third kappa shape index (κ3) is 4.56. The lowest BCUT2D eigenvalue weighted by Gasteiger charge is -2.32. The highest BCUT2D eigenvalue weighted by molar-refractivity contribution is 5.96. The molecule has 1 fully saturated rings. The van der Waals surface area contributed by atoms with Crippen molar-refractivity contribution in [2.24, 2.45) is 0 Å². The van der Waals surface area contributed by atoms with Gasteiger partial charge in [-0.2, -0.15) is 0 Å². The average molecular weight is 425 g/mol. The molecule has 0 spiro atoms.